The lowest BCUT2D eigenvalue weighted by Crippen LogP contribution is -2.43. The van der Waals surface area contributed by atoms with Crippen LogP contribution in [0.3, 0.4) is 0 Å². The van der Waals surface area contributed by atoms with Crippen molar-refractivity contribution < 1.29 is 26.9 Å². The van der Waals surface area contributed by atoms with Crippen molar-refractivity contribution in [2.75, 3.05) is 6.61 Å². The molecule has 1 aliphatic carbocycles. The minimum absolute atomic E-state index is 0.0896. The first-order valence-corrected chi connectivity index (χ1v) is 18.5. The van der Waals surface area contributed by atoms with E-state index in [2.05, 4.69) is 24.4 Å². The van der Waals surface area contributed by atoms with Crippen LogP contribution in [0.4, 0.5) is 13.2 Å². The quantitative estimate of drug-likeness (QED) is 0.214. The summed E-state index contributed by atoms with van der Waals surface area (Å²) in [4.78, 5) is 4.87. The Morgan fingerprint density at radius 2 is 1.85 bits per heavy atom. The van der Waals surface area contributed by atoms with Gasteiger partial charge in [0, 0.05) is 20.7 Å². The molecule has 3 rings (SSSR count). The molecule has 1 heterocycles. The number of benzene rings is 1. The van der Waals surface area contributed by atoms with Crippen LogP contribution in [0, 0.1) is 5.92 Å². The highest BCUT2D eigenvalue weighted by atomic mass is 32.2. The average Bonchev–Trinajstić information content (AvgIpc) is 3.59. The largest absolute Gasteiger partial charge is 0.414 e. The first kappa shape index (κ1) is 32.2. The molecule has 0 amide bonds. The fraction of sp³-hybridized carbons (Fsp3) is 0.741. The first-order chi connectivity index (χ1) is 17.9. The molecule has 2 aromatic rings. The predicted molar refractivity (Wildman–Crippen MR) is 153 cm³/mol. The number of hydrogen-bond acceptors (Lipinski definition) is 5. The van der Waals surface area contributed by atoms with Crippen molar-refractivity contribution >= 4 is 30.1 Å². The zero-order valence-electron chi connectivity index (χ0n) is 24.4. The Morgan fingerprint density at radius 3 is 2.38 bits per heavy atom. The molecule has 7 nitrogen and oxygen atoms in total. The van der Waals surface area contributed by atoms with Gasteiger partial charge >= 0.3 is 6.18 Å². The normalized spacial score (nSPS) is 19.2. The number of nitrogens with one attached hydrogen (secondary N) is 1. The minimum atomic E-state index is -4.53. The molecule has 0 bridgehead atoms. The molecule has 39 heavy (non-hydrogen) atoms. The van der Waals surface area contributed by atoms with E-state index in [4.69, 9.17) is 20.2 Å². The Balaban J connectivity index is 2.05. The third-order valence-electron chi connectivity index (χ3n) is 6.95. The van der Waals surface area contributed by atoms with Crippen LogP contribution in [0.1, 0.15) is 70.9 Å². The van der Waals surface area contributed by atoms with Crippen molar-refractivity contribution in [2.45, 2.75) is 115 Å². The van der Waals surface area contributed by atoms with E-state index in [1.807, 2.05) is 22.8 Å². The molecule has 0 unspecified atom stereocenters. The summed E-state index contributed by atoms with van der Waals surface area (Å²) < 4.78 is 69.2. The van der Waals surface area contributed by atoms with Crippen LogP contribution < -0.4 is 10.5 Å². The maximum absolute atomic E-state index is 13.4. The van der Waals surface area contributed by atoms with E-state index in [1.54, 1.807) is 27.7 Å². The second kappa shape index (κ2) is 12.3. The van der Waals surface area contributed by atoms with E-state index >= 15 is 0 Å². The lowest BCUT2D eigenvalue weighted by atomic mass is 10.0. The smallest absolute Gasteiger partial charge is 0.364 e. The second-order valence-corrected chi connectivity index (χ2v) is 20.5. The van der Waals surface area contributed by atoms with E-state index < -0.39 is 48.2 Å². The number of ether oxygens (including phenoxy) is 2. The zero-order chi connectivity index (χ0) is 29.3. The predicted octanol–water partition coefficient (Wildman–Crippen LogP) is 6.21. The van der Waals surface area contributed by atoms with Crippen LogP contribution in [0.15, 0.2) is 18.2 Å². The van der Waals surface area contributed by atoms with Gasteiger partial charge in [-0.15, -0.1) is 0 Å². The number of nitrogens with two attached hydrogens (primary N) is 1. The maximum Gasteiger partial charge on any atom is 0.414 e. The average molecular weight is 591 g/mol. The summed E-state index contributed by atoms with van der Waals surface area (Å²) in [5, 5.41) is 0. The van der Waals surface area contributed by atoms with Gasteiger partial charge in [-0.3, -0.25) is 0 Å². The molecule has 222 valence electrons. The van der Waals surface area contributed by atoms with Crippen LogP contribution in [0.2, 0.25) is 25.7 Å². The third-order valence-corrected chi connectivity index (χ3v) is 10.2. The Bertz CT molecular complexity index is 1140. The van der Waals surface area contributed by atoms with Crippen molar-refractivity contribution in [1.29, 1.82) is 0 Å². The Labute approximate surface area is 234 Å². The standard InChI is InChI=1S/C27H45F3N4O3SSi/c1-17(37-18(2)27(28,29)30)24(33-38(35)26(3,4)5)25-32-21-15-20(23(31)19-9-10-19)11-12-22(21)34(25)16-36-13-14-39(6,7)8/h11-12,15,17-19,23-24,33H,9-10,13-14,16,31H2,1-8H3/t17-,18+,23-,24+,38-/m1/s1. The summed E-state index contributed by atoms with van der Waals surface area (Å²) in [6.45, 7) is 15.4. The van der Waals surface area contributed by atoms with Gasteiger partial charge in [0.2, 0.25) is 0 Å². The summed E-state index contributed by atoms with van der Waals surface area (Å²) >= 11 is 0. The van der Waals surface area contributed by atoms with Gasteiger partial charge in [0.15, 0.2) is 6.10 Å². The number of aromatic nitrogens is 2. The summed E-state index contributed by atoms with van der Waals surface area (Å²) in [6, 6.07) is 5.84. The van der Waals surface area contributed by atoms with E-state index in [-0.39, 0.29) is 12.8 Å². The first-order valence-electron chi connectivity index (χ1n) is 13.6. The molecule has 12 heteroatoms. The zero-order valence-corrected chi connectivity index (χ0v) is 26.2. The third kappa shape index (κ3) is 8.83. The summed E-state index contributed by atoms with van der Waals surface area (Å²) in [7, 11) is -2.94. The fourth-order valence-corrected chi connectivity index (χ4v) is 5.77. The van der Waals surface area contributed by atoms with Crippen LogP contribution >= 0.6 is 0 Å². The lowest BCUT2D eigenvalue weighted by molar-refractivity contribution is -0.227. The molecule has 1 saturated carbocycles. The van der Waals surface area contributed by atoms with E-state index in [1.165, 1.54) is 0 Å². The highest BCUT2D eigenvalue weighted by Crippen LogP contribution is 2.40. The summed E-state index contributed by atoms with van der Waals surface area (Å²) in [6.07, 6.45) is -5.34. The van der Waals surface area contributed by atoms with Gasteiger partial charge in [-0.25, -0.2) is 13.9 Å². The molecule has 1 aromatic carbocycles. The molecule has 0 radical (unpaired) electrons. The van der Waals surface area contributed by atoms with Gasteiger partial charge in [-0.2, -0.15) is 13.2 Å². The van der Waals surface area contributed by atoms with Crippen molar-refractivity contribution in [3.8, 4) is 0 Å². The highest BCUT2D eigenvalue weighted by molar-refractivity contribution is 7.84. The monoisotopic (exact) mass is 590 g/mol. The molecular weight excluding hydrogens is 545 g/mol. The molecule has 0 spiro atoms. The second-order valence-electron chi connectivity index (χ2n) is 12.9. The lowest BCUT2D eigenvalue weighted by Gasteiger charge is -2.30. The number of rotatable bonds is 13. The minimum Gasteiger partial charge on any atom is -0.364 e. The van der Waals surface area contributed by atoms with Gasteiger partial charge in [-0.05, 0) is 77.1 Å². The Hall–Kier alpha value is -1.31. The van der Waals surface area contributed by atoms with Gasteiger partial charge in [0.1, 0.15) is 18.6 Å². The molecule has 3 N–H and O–H groups in total. The number of nitrogens with zero attached hydrogens (tertiary/aromatic N) is 2. The van der Waals surface area contributed by atoms with Crippen molar-refractivity contribution in [2.24, 2.45) is 11.7 Å². The molecule has 5 atom stereocenters. The number of fused-ring (bicyclic) bond motifs is 1. The van der Waals surface area contributed by atoms with Gasteiger partial charge < -0.3 is 19.8 Å². The maximum atomic E-state index is 13.4. The number of imidazole rings is 1. The Kier molecular flexibility index (Phi) is 10.1. The topological polar surface area (TPSA) is 91.4 Å². The van der Waals surface area contributed by atoms with E-state index in [9.17, 15) is 17.4 Å². The molecule has 1 aromatic heterocycles. The summed E-state index contributed by atoms with van der Waals surface area (Å²) in [5.74, 6) is 0.865. The van der Waals surface area contributed by atoms with Crippen molar-refractivity contribution in [1.82, 2.24) is 14.3 Å². The van der Waals surface area contributed by atoms with Gasteiger partial charge in [-0.1, -0.05) is 25.7 Å². The number of halogens is 3. The van der Waals surface area contributed by atoms with Crippen molar-refractivity contribution in [3.63, 3.8) is 0 Å². The van der Waals surface area contributed by atoms with Crippen LogP contribution in [0.5, 0.6) is 0 Å². The van der Waals surface area contributed by atoms with E-state index in [0.29, 0.717) is 23.9 Å². The van der Waals surface area contributed by atoms with Crippen LogP contribution in [0.25, 0.3) is 11.0 Å². The number of alkyl halides is 3. The van der Waals surface area contributed by atoms with Gasteiger partial charge in [0.05, 0.1) is 32.9 Å². The molecule has 1 aliphatic rings. The molecule has 0 aliphatic heterocycles. The van der Waals surface area contributed by atoms with Gasteiger partial charge in [0.25, 0.3) is 0 Å². The van der Waals surface area contributed by atoms with Crippen LogP contribution in [-0.4, -0.2) is 51.6 Å². The summed E-state index contributed by atoms with van der Waals surface area (Å²) in [5.41, 5.74) is 8.86. The Morgan fingerprint density at radius 1 is 1.21 bits per heavy atom. The fourth-order valence-electron chi connectivity index (χ4n) is 4.14. The molecule has 0 saturated heterocycles. The van der Waals surface area contributed by atoms with Crippen LogP contribution in [-0.2, 0) is 27.2 Å². The van der Waals surface area contributed by atoms with E-state index in [0.717, 1.165) is 36.9 Å². The molecular formula is C27H45F3N4O3SSi. The number of hydrogen-bond donors (Lipinski definition) is 2. The highest BCUT2D eigenvalue weighted by Gasteiger charge is 2.41. The van der Waals surface area contributed by atoms with Crippen molar-refractivity contribution in [3.05, 3.63) is 29.6 Å². The SMILES string of the molecule is C[C@H](O[C@H](C)[C@H](N[S@](=O)C(C)(C)C)c1nc2cc([C@H](N)C3CC3)ccc2n1COCC[Si](C)(C)C)C(F)(F)F. The molecule has 1 fully saturated rings.